The number of ether oxygens (including phenoxy) is 2. The number of piperidine rings is 1. The maximum absolute atomic E-state index is 13.9. The second-order valence-corrected chi connectivity index (χ2v) is 7.76. The van der Waals surface area contributed by atoms with E-state index in [1.165, 1.54) is 19.1 Å². The van der Waals surface area contributed by atoms with Gasteiger partial charge in [0.1, 0.15) is 5.75 Å². The van der Waals surface area contributed by atoms with Crippen molar-refractivity contribution in [2.75, 3.05) is 24.6 Å². The van der Waals surface area contributed by atoms with Gasteiger partial charge in [-0.1, -0.05) is 18.5 Å². The number of carbonyl (C=O) groups is 1. The summed E-state index contributed by atoms with van der Waals surface area (Å²) in [7, 11) is 0. The topological polar surface area (TPSA) is 64.6 Å². The van der Waals surface area contributed by atoms with Crippen LogP contribution in [0.5, 0.6) is 11.5 Å². The van der Waals surface area contributed by atoms with Crippen LogP contribution in [-0.4, -0.2) is 35.6 Å². The number of halogens is 2. The van der Waals surface area contributed by atoms with E-state index in [4.69, 9.17) is 21.1 Å². The van der Waals surface area contributed by atoms with E-state index in [-0.39, 0.29) is 5.75 Å². The summed E-state index contributed by atoms with van der Waals surface area (Å²) in [6.07, 6.45) is 6.27. The molecule has 1 saturated heterocycles. The Morgan fingerprint density at radius 2 is 2.00 bits per heavy atom. The molecule has 1 aromatic heterocycles. The Labute approximate surface area is 175 Å². The van der Waals surface area contributed by atoms with Crippen LogP contribution < -0.4 is 14.4 Å². The highest BCUT2D eigenvalue weighted by atomic mass is 35.5. The highest BCUT2D eigenvalue weighted by Crippen LogP contribution is 2.29. The van der Waals surface area contributed by atoms with Crippen LogP contribution in [0.25, 0.3) is 0 Å². The normalized spacial score (nSPS) is 15.8. The van der Waals surface area contributed by atoms with E-state index in [2.05, 4.69) is 21.8 Å². The molecular weight excluding hydrogens is 397 g/mol. The highest BCUT2D eigenvalue weighted by molar-refractivity contribution is 6.30. The number of nitrogens with zero attached hydrogens (tertiary/aromatic N) is 3. The van der Waals surface area contributed by atoms with Gasteiger partial charge in [0.2, 0.25) is 5.95 Å². The second-order valence-electron chi connectivity index (χ2n) is 7.33. The van der Waals surface area contributed by atoms with Crippen molar-refractivity contribution in [1.82, 2.24) is 9.97 Å². The predicted molar refractivity (Wildman–Crippen MR) is 109 cm³/mol. The quantitative estimate of drug-likeness (QED) is 0.484. The van der Waals surface area contributed by atoms with Gasteiger partial charge in [-0.3, -0.25) is 4.79 Å². The molecule has 0 N–H and O–H groups in total. The number of esters is 1. The predicted octanol–water partition coefficient (Wildman–Crippen LogP) is 4.52. The van der Waals surface area contributed by atoms with Crippen LogP contribution in [0.1, 0.15) is 33.1 Å². The van der Waals surface area contributed by atoms with Crippen LogP contribution in [-0.2, 0) is 4.79 Å². The molecule has 1 atom stereocenters. The molecule has 0 aliphatic carbocycles. The number of benzene rings is 1. The van der Waals surface area contributed by atoms with Gasteiger partial charge in [0, 0.05) is 26.1 Å². The largest absolute Gasteiger partial charge is 0.493 e. The van der Waals surface area contributed by atoms with Crippen molar-refractivity contribution < 1.29 is 18.7 Å². The third kappa shape index (κ3) is 6.03. The van der Waals surface area contributed by atoms with E-state index in [1.54, 1.807) is 18.5 Å². The third-order valence-corrected chi connectivity index (χ3v) is 5.43. The number of hydrogen-bond donors (Lipinski definition) is 0. The molecule has 1 fully saturated rings. The zero-order valence-corrected chi connectivity index (χ0v) is 17.4. The SMILES string of the molecule is CC(=O)Oc1ccc(OCC[C@@H](C)C2CCN(c3ncc(Cl)cn3)CC2)cc1F. The molecule has 0 bridgehead atoms. The molecule has 29 heavy (non-hydrogen) atoms. The molecule has 2 heterocycles. The minimum Gasteiger partial charge on any atom is -0.493 e. The van der Waals surface area contributed by atoms with Gasteiger partial charge in [0.05, 0.1) is 24.0 Å². The summed E-state index contributed by atoms with van der Waals surface area (Å²) >= 11 is 5.85. The van der Waals surface area contributed by atoms with Gasteiger partial charge in [-0.2, -0.15) is 0 Å². The minimum absolute atomic E-state index is 0.0883. The van der Waals surface area contributed by atoms with Crippen LogP contribution >= 0.6 is 11.6 Å². The number of anilines is 1. The lowest BCUT2D eigenvalue weighted by Gasteiger charge is -2.34. The average Bonchev–Trinajstić information content (AvgIpc) is 2.70. The van der Waals surface area contributed by atoms with Crippen molar-refractivity contribution >= 4 is 23.5 Å². The Morgan fingerprint density at radius 1 is 1.31 bits per heavy atom. The number of aromatic nitrogens is 2. The number of carbonyl (C=O) groups excluding carboxylic acids is 1. The molecule has 0 amide bonds. The van der Waals surface area contributed by atoms with Crippen LogP contribution in [0.15, 0.2) is 30.6 Å². The minimum atomic E-state index is -0.609. The molecule has 1 aliphatic rings. The molecule has 0 saturated carbocycles. The van der Waals surface area contributed by atoms with Crippen molar-refractivity contribution in [3.63, 3.8) is 0 Å². The lowest BCUT2D eigenvalue weighted by atomic mass is 9.84. The Kier molecular flexibility index (Phi) is 7.25. The third-order valence-electron chi connectivity index (χ3n) is 5.23. The van der Waals surface area contributed by atoms with Crippen LogP contribution in [0, 0.1) is 17.7 Å². The molecule has 0 unspecified atom stereocenters. The van der Waals surface area contributed by atoms with Gasteiger partial charge in [0.25, 0.3) is 0 Å². The molecule has 156 valence electrons. The zero-order valence-electron chi connectivity index (χ0n) is 16.6. The fourth-order valence-electron chi connectivity index (χ4n) is 3.54. The van der Waals surface area contributed by atoms with E-state index in [0.29, 0.717) is 29.2 Å². The molecular formula is C21H25ClFN3O3. The Hall–Kier alpha value is -2.41. The molecule has 0 radical (unpaired) electrons. The van der Waals surface area contributed by atoms with Gasteiger partial charge in [-0.25, -0.2) is 14.4 Å². The number of rotatable bonds is 7. The lowest BCUT2D eigenvalue weighted by Crippen LogP contribution is -2.36. The summed E-state index contributed by atoms with van der Waals surface area (Å²) in [4.78, 5) is 21.7. The second kappa shape index (κ2) is 9.87. The standard InChI is InChI=1S/C21H25ClFN3O3/c1-14(7-10-28-18-3-4-20(19(23)11-18)29-15(2)27)16-5-8-26(9-6-16)21-24-12-17(22)13-25-21/h3-4,11-14,16H,5-10H2,1-2H3/t14-/m1/s1. The van der Waals surface area contributed by atoms with Gasteiger partial charge in [-0.15, -0.1) is 0 Å². The summed E-state index contributed by atoms with van der Waals surface area (Å²) in [6.45, 7) is 5.81. The van der Waals surface area contributed by atoms with E-state index in [9.17, 15) is 9.18 Å². The molecule has 1 aromatic carbocycles. The van der Waals surface area contributed by atoms with E-state index in [1.807, 2.05) is 0 Å². The van der Waals surface area contributed by atoms with E-state index < -0.39 is 11.8 Å². The van der Waals surface area contributed by atoms with Crippen molar-refractivity contribution in [1.29, 1.82) is 0 Å². The molecule has 1 aliphatic heterocycles. The molecule has 6 nitrogen and oxygen atoms in total. The first-order valence-corrected chi connectivity index (χ1v) is 10.1. The van der Waals surface area contributed by atoms with Gasteiger partial charge < -0.3 is 14.4 Å². The smallest absolute Gasteiger partial charge is 0.308 e. The molecule has 2 aromatic rings. The maximum atomic E-state index is 13.9. The van der Waals surface area contributed by atoms with Crippen molar-refractivity contribution in [2.24, 2.45) is 11.8 Å². The fourth-order valence-corrected chi connectivity index (χ4v) is 3.64. The van der Waals surface area contributed by atoms with Crippen LogP contribution in [0.4, 0.5) is 10.3 Å². The Balaban J connectivity index is 1.42. The Morgan fingerprint density at radius 3 is 2.62 bits per heavy atom. The van der Waals surface area contributed by atoms with E-state index in [0.717, 1.165) is 38.3 Å². The van der Waals surface area contributed by atoms with Gasteiger partial charge in [0.15, 0.2) is 11.6 Å². The summed E-state index contributed by atoms with van der Waals surface area (Å²) in [5.41, 5.74) is 0. The number of hydrogen-bond acceptors (Lipinski definition) is 6. The summed E-state index contributed by atoms with van der Waals surface area (Å²) in [5.74, 6) is 0.999. The van der Waals surface area contributed by atoms with Crippen LogP contribution in [0.3, 0.4) is 0 Å². The molecule has 3 rings (SSSR count). The first-order chi connectivity index (χ1) is 13.9. The first kappa shape index (κ1) is 21.3. The van der Waals surface area contributed by atoms with Crippen LogP contribution in [0.2, 0.25) is 5.02 Å². The van der Waals surface area contributed by atoms with Crippen molar-refractivity contribution in [3.8, 4) is 11.5 Å². The fraction of sp³-hybridized carbons (Fsp3) is 0.476. The summed E-state index contributed by atoms with van der Waals surface area (Å²) < 4.78 is 24.4. The first-order valence-electron chi connectivity index (χ1n) is 9.75. The van der Waals surface area contributed by atoms with E-state index >= 15 is 0 Å². The molecule has 8 heteroatoms. The summed E-state index contributed by atoms with van der Waals surface area (Å²) in [5, 5.41) is 0.540. The summed E-state index contributed by atoms with van der Waals surface area (Å²) in [6, 6.07) is 4.26. The highest BCUT2D eigenvalue weighted by Gasteiger charge is 2.25. The van der Waals surface area contributed by atoms with Crippen molar-refractivity contribution in [3.05, 3.63) is 41.4 Å². The van der Waals surface area contributed by atoms with Gasteiger partial charge >= 0.3 is 5.97 Å². The monoisotopic (exact) mass is 421 g/mol. The average molecular weight is 422 g/mol. The maximum Gasteiger partial charge on any atom is 0.308 e. The van der Waals surface area contributed by atoms with Crippen molar-refractivity contribution in [2.45, 2.75) is 33.1 Å². The lowest BCUT2D eigenvalue weighted by molar-refractivity contribution is -0.132. The molecule has 0 spiro atoms. The Bertz CT molecular complexity index is 826. The van der Waals surface area contributed by atoms with Gasteiger partial charge in [-0.05, 0) is 43.2 Å². The zero-order chi connectivity index (χ0) is 20.8.